The summed E-state index contributed by atoms with van der Waals surface area (Å²) in [7, 11) is 0. The lowest BCUT2D eigenvalue weighted by Gasteiger charge is -2.07. The summed E-state index contributed by atoms with van der Waals surface area (Å²) in [5, 5.41) is 12.3. The molecule has 0 aliphatic carbocycles. The summed E-state index contributed by atoms with van der Waals surface area (Å²) < 4.78 is 0. The Balaban J connectivity index is 2.33. The van der Waals surface area contributed by atoms with Crippen molar-refractivity contribution in [2.75, 3.05) is 18.5 Å². The average Bonchev–Trinajstić information content (AvgIpc) is 2.23. The molecule has 0 aliphatic rings. The Hall–Kier alpha value is -0.870. The first kappa shape index (κ1) is 12.2. The van der Waals surface area contributed by atoms with Crippen LogP contribution in [-0.2, 0) is 0 Å². The van der Waals surface area contributed by atoms with Crippen LogP contribution in [0.2, 0.25) is 5.02 Å². The molecule has 1 aromatic heterocycles. The molecule has 0 bridgehead atoms. The molecule has 0 amide bonds. The van der Waals surface area contributed by atoms with Crippen molar-refractivity contribution in [2.24, 2.45) is 0 Å². The summed E-state index contributed by atoms with van der Waals surface area (Å²) in [4.78, 5) is 8.17. The molecule has 5 heteroatoms. The standard InChI is InChI=1S/C10H16ClN3O/c1-8-13-7-9(11)10(14-8)12-5-3-2-4-6-15/h7,15H,2-6H2,1H3,(H,12,13,14). The molecule has 15 heavy (non-hydrogen) atoms. The number of halogens is 1. The minimum absolute atomic E-state index is 0.257. The summed E-state index contributed by atoms with van der Waals surface area (Å²) in [6, 6.07) is 0. The number of aromatic nitrogens is 2. The molecule has 0 saturated carbocycles. The molecular weight excluding hydrogens is 214 g/mol. The molecule has 0 radical (unpaired) electrons. The molecule has 1 heterocycles. The first-order valence-corrected chi connectivity index (χ1v) is 5.45. The quantitative estimate of drug-likeness (QED) is 0.733. The Morgan fingerprint density at radius 2 is 2.20 bits per heavy atom. The van der Waals surface area contributed by atoms with Crippen molar-refractivity contribution in [3.05, 3.63) is 17.0 Å². The molecule has 0 aliphatic heterocycles. The smallest absolute Gasteiger partial charge is 0.148 e. The van der Waals surface area contributed by atoms with Crippen LogP contribution in [0.4, 0.5) is 5.82 Å². The molecule has 0 fully saturated rings. The number of aliphatic hydroxyl groups excluding tert-OH is 1. The van der Waals surface area contributed by atoms with Gasteiger partial charge in [0.2, 0.25) is 0 Å². The van der Waals surface area contributed by atoms with E-state index in [1.165, 1.54) is 0 Å². The van der Waals surface area contributed by atoms with Crippen molar-refractivity contribution >= 4 is 17.4 Å². The van der Waals surface area contributed by atoms with Crippen LogP contribution in [0.5, 0.6) is 0 Å². The molecule has 0 atom stereocenters. The number of rotatable bonds is 6. The van der Waals surface area contributed by atoms with Crippen LogP contribution in [0, 0.1) is 6.92 Å². The van der Waals surface area contributed by atoms with Crippen LogP contribution < -0.4 is 5.32 Å². The number of aliphatic hydroxyl groups is 1. The van der Waals surface area contributed by atoms with Gasteiger partial charge in [-0.1, -0.05) is 11.6 Å². The van der Waals surface area contributed by atoms with Gasteiger partial charge in [0.25, 0.3) is 0 Å². The minimum Gasteiger partial charge on any atom is -0.396 e. The number of aryl methyl sites for hydroxylation is 1. The van der Waals surface area contributed by atoms with Gasteiger partial charge in [-0.05, 0) is 26.2 Å². The first-order valence-electron chi connectivity index (χ1n) is 5.08. The largest absolute Gasteiger partial charge is 0.396 e. The molecule has 0 spiro atoms. The van der Waals surface area contributed by atoms with Crippen LogP contribution >= 0.6 is 11.6 Å². The van der Waals surface area contributed by atoms with E-state index >= 15 is 0 Å². The zero-order valence-electron chi connectivity index (χ0n) is 8.83. The van der Waals surface area contributed by atoms with E-state index in [4.69, 9.17) is 16.7 Å². The predicted octanol–water partition coefficient (Wildman–Crippen LogP) is 2.01. The molecule has 0 saturated heterocycles. The number of nitrogens with one attached hydrogen (secondary N) is 1. The molecule has 0 unspecified atom stereocenters. The predicted molar refractivity (Wildman–Crippen MR) is 61.2 cm³/mol. The molecule has 1 rings (SSSR count). The van der Waals surface area contributed by atoms with Crippen LogP contribution in [0.15, 0.2) is 6.20 Å². The van der Waals surface area contributed by atoms with Gasteiger partial charge in [0.15, 0.2) is 0 Å². The second-order valence-electron chi connectivity index (χ2n) is 3.32. The summed E-state index contributed by atoms with van der Waals surface area (Å²) >= 11 is 5.91. The Bertz CT molecular complexity index is 307. The highest BCUT2D eigenvalue weighted by Crippen LogP contribution is 2.17. The third-order valence-corrected chi connectivity index (χ3v) is 2.27. The second kappa shape index (κ2) is 6.58. The van der Waals surface area contributed by atoms with Gasteiger partial charge in [0, 0.05) is 13.2 Å². The second-order valence-corrected chi connectivity index (χ2v) is 3.73. The summed E-state index contributed by atoms with van der Waals surface area (Å²) in [5.41, 5.74) is 0. The third-order valence-electron chi connectivity index (χ3n) is 1.99. The normalized spacial score (nSPS) is 10.3. The van der Waals surface area contributed by atoms with Crippen molar-refractivity contribution < 1.29 is 5.11 Å². The summed E-state index contributed by atoms with van der Waals surface area (Å²) in [5.74, 6) is 1.39. The maximum absolute atomic E-state index is 8.60. The first-order chi connectivity index (χ1) is 7.24. The van der Waals surface area contributed by atoms with Gasteiger partial charge < -0.3 is 10.4 Å². The van der Waals surface area contributed by atoms with Gasteiger partial charge in [0.1, 0.15) is 16.7 Å². The fourth-order valence-electron chi connectivity index (χ4n) is 1.20. The molecular formula is C10H16ClN3O. The molecule has 1 aromatic rings. The van der Waals surface area contributed by atoms with Crippen molar-refractivity contribution in [3.63, 3.8) is 0 Å². The fraction of sp³-hybridized carbons (Fsp3) is 0.600. The molecule has 2 N–H and O–H groups in total. The fourth-order valence-corrected chi connectivity index (χ4v) is 1.36. The van der Waals surface area contributed by atoms with E-state index in [0.717, 1.165) is 25.8 Å². The van der Waals surface area contributed by atoms with E-state index < -0.39 is 0 Å². The van der Waals surface area contributed by atoms with Gasteiger partial charge in [-0.3, -0.25) is 0 Å². The van der Waals surface area contributed by atoms with Crippen LogP contribution in [0.1, 0.15) is 25.1 Å². The highest BCUT2D eigenvalue weighted by Gasteiger charge is 2.01. The lowest BCUT2D eigenvalue weighted by Crippen LogP contribution is -2.05. The summed E-state index contributed by atoms with van der Waals surface area (Å²) in [6.07, 6.45) is 4.45. The van der Waals surface area contributed by atoms with E-state index in [1.54, 1.807) is 6.20 Å². The SMILES string of the molecule is Cc1ncc(Cl)c(NCCCCCO)n1. The van der Waals surface area contributed by atoms with Crippen LogP contribution in [0.25, 0.3) is 0 Å². The van der Waals surface area contributed by atoms with E-state index in [0.29, 0.717) is 16.7 Å². The van der Waals surface area contributed by atoms with Gasteiger partial charge in [-0.2, -0.15) is 0 Å². The number of hydrogen-bond acceptors (Lipinski definition) is 4. The number of anilines is 1. The maximum atomic E-state index is 8.60. The zero-order valence-corrected chi connectivity index (χ0v) is 9.59. The Labute approximate surface area is 94.7 Å². The lowest BCUT2D eigenvalue weighted by atomic mass is 10.2. The number of unbranched alkanes of at least 4 members (excludes halogenated alkanes) is 2. The monoisotopic (exact) mass is 229 g/mol. The van der Waals surface area contributed by atoms with E-state index in [1.807, 2.05) is 6.92 Å². The molecule has 0 aromatic carbocycles. The van der Waals surface area contributed by atoms with E-state index in [-0.39, 0.29) is 6.61 Å². The van der Waals surface area contributed by atoms with Gasteiger partial charge in [-0.25, -0.2) is 9.97 Å². The summed E-state index contributed by atoms with van der Waals surface area (Å²) in [6.45, 7) is 2.90. The highest BCUT2D eigenvalue weighted by atomic mass is 35.5. The molecule has 84 valence electrons. The molecule has 4 nitrogen and oxygen atoms in total. The minimum atomic E-state index is 0.257. The maximum Gasteiger partial charge on any atom is 0.148 e. The number of nitrogens with zero attached hydrogens (tertiary/aromatic N) is 2. The average molecular weight is 230 g/mol. The van der Waals surface area contributed by atoms with Crippen LogP contribution in [0.3, 0.4) is 0 Å². The van der Waals surface area contributed by atoms with E-state index in [2.05, 4.69) is 15.3 Å². The van der Waals surface area contributed by atoms with Crippen molar-refractivity contribution in [3.8, 4) is 0 Å². The zero-order chi connectivity index (χ0) is 11.1. The van der Waals surface area contributed by atoms with E-state index in [9.17, 15) is 0 Å². The van der Waals surface area contributed by atoms with Gasteiger partial charge in [0.05, 0.1) is 6.20 Å². The van der Waals surface area contributed by atoms with Crippen molar-refractivity contribution in [1.82, 2.24) is 9.97 Å². The third kappa shape index (κ3) is 4.44. The van der Waals surface area contributed by atoms with Gasteiger partial charge >= 0.3 is 0 Å². The number of hydrogen-bond donors (Lipinski definition) is 2. The lowest BCUT2D eigenvalue weighted by molar-refractivity contribution is 0.283. The Morgan fingerprint density at radius 1 is 1.40 bits per heavy atom. The topological polar surface area (TPSA) is 58.0 Å². The highest BCUT2D eigenvalue weighted by molar-refractivity contribution is 6.32. The van der Waals surface area contributed by atoms with Crippen molar-refractivity contribution in [1.29, 1.82) is 0 Å². The Morgan fingerprint density at radius 3 is 2.93 bits per heavy atom. The Kier molecular flexibility index (Phi) is 5.36. The van der Waals surface area contributed by atoms with Crippen molar-refractivity contribution in [2.45, 2.75) is 26.2 Å². The van der Waals surface area contributed by atoms with Gasteiger partial charge in [-0.15, -0.1) is 0 Å². The van der Waals surface area contributed by atoms with Crippen LogP contribution in [-0.4, -0.2) is 28.2 Å².